The first-order chi connectivity index (χ1) is 11.0. The third-order valence-electron chi connectivity index (χ3n) is 4.78. The van der Waals surface area contributed by atoms with E-state index in [-0.39, 0.29) is 29.0 Å². The summed E-state index contributed by atoms with van der Waals surface area (Å²) in [5.41, 5.74) is 5.40. The van der Waals surface area contributed by atoms with Gasteiger partial charge in [-0.05, 0) is 32.0 Å². The van der Waals surface area contributed by atoms with E-state index in [1.807, 2.05) is 0 Å². The Bertz CT molecular complexity index is 672. The van der Waals surface area contributed by atoms with Crippen LogP contribution >= 0.6 is 0 Å². The van der Waals surface area contributed by atoms with Crippen molar-refractivity contribution in [1.29, 1.82) is 0 Å². The molecule has 8 nitrogen and oxygen atoms in total. The lowest BCUT2D eigenvalue weighted by Crippen LogP contribution is -2.62. The van der Waals surface area contributed by atoms with Gasteiger partial charge in [-0.25, -0.2) is 4.68 Å². The first kappa shape index (κ1) is 15.7. The predicted octanol–water partition coefficient (Wildman–Crippen LogP) is -1.20. The number of primary amides is 1. The van der Waals surface area contributed by atoms with Crippen LogP contribution in [-0.2, 0) is 11.8 Å². The number of aryl methyl sites for hydroxylation is 1. The van der Waals surface area contributed by atoms with Crippen LogP contribution < -0.4 is 11.3 Å². The molecular weight excluding hydrogens is 298 g/mol. The molecule has 3 rings (SSSR count). The topological polar surface area (TPSA) is 102 Å². The number of aromatic nitrogens is 2. The van der Waals surface area contributed by atoms with Crippen LogP contribution in [0.3, 0.4) is 0 Å². The number of carbonyl (C=O) groups is 2. The molecule has 1 aromatic heterocycles. The molecule has 0 bridgehead atoms. The van der Waals surface area contributed by atoms with Crippen molar-refractivity contribution >= 4 is 11.8 Å². The molecule has 3 heterocycles. The Balaban J connectivity index is 1.53. The van der Waals surface area contributed by atoms with Crippen molar-refractivity contribution in [3.05, 3.63) is 28.2 Å². The van der Waals surface area contributed by atoms with Gasteiger partial charge in [0.25, 0.3) is 11.5 Å². The molecule has 0 saturated carbocycles. The van der Waals surface area contributed by atoms with Gasteiger partial charge in [-0.2, -0.15) is 5.10 Å². The highest BCUT2D eigenvalue weighted by molar-refractivity contribution is 5.92. The van der Waals surface area contributed by atoms with E-state index < -0.39 is 0 Å². The van der Waals surface area contributed by atoms with Crippen molar-refractivity contribution in [2.24, 2.45) is 18.7 Å². The van der Waals surface area contributed by atoms with E-state index >= 15 is 0 Å². The summed E-state index contributed by atoms with van der Waals surface area (Å²) in [5, 5.41) is 3.99. The molecule has 0 radical (unpaired) electrons. The second kappa shape index (κ2) is 6.11. The van der Waals surface area contributed by atoms with E-state index in [1.165, 1.54) is 23.9 Å². The number of hydrogen-bond acceptors (Lipinski definition) is 5. The predicted molar refractivity (Wildman–Crippen MR) is 82.7 cm³/mol. The van der Waals surface area contributed by atoms with E-state index in [4.69, 9.17) is 5.73 Å². The Hall–Kier alpha value is -2.22. The maximum Gasteiger partial charge on any atom is 0.274 e. The van der Waals surface area contributed by atoms with Crippen LogP contribution in [0.15, 0.2) is 16.9 Å². The third kappa shape index (κ3) is 3.12. The summed E-state index contributed by atoms with van der Waals surface area (Å²) in [4.78, 5) is 38.9. The number of amides is 2. The summed E-state index contributed by atoms with van der Waals surface area (Å²) < 4.78 is 1.17. The smallest absolute Gasteiger partial charge is 0.274 e. The first-order valence-electron chi connectivity index (χ1n) is 7.82. The Labute approximate surface area is 133 Å². The largest absolute Gasteiger partial charge is 0.369 e. The Morgan fingerprint density at radius 1 is 1.22 bits per heavy atom. The first-order valence-corrected chi connectivity index (χ1v) is 7.82. The van der Waals surface area contributed by atoms with Gasteiger partial charge in [-0.3, -0.25) is 19.3 Å². The second-order valence-electron chi connectivity index (χ2n) is 6.26. The Morgan fingerprint density at radius 2 is 1.87 bits per heavy atom. The van der Waals surface area contributed by atoms with Crippen LogP contribution in [-0.4, -0.2) is 63.6 Å². The molecule has 0 unspecified atom stereocenters. The summed E-state index contributed by atoms with van der Waals surface area (Å²) in [5.74, 6) is -0.376. The Kier molecular flexibility index (Phi) is 4.16. The van der Waals surface area contributed by atoms with Crippen LogP contribution in [0.25, 0.3) is 0 Å². The van der Waals surface area contributed by atoms with Gasteiger partial charge in [0.15, 0.2) is 0 Å². The minimum Gasteiger partial charge on any atom is -0.369 e. The lowest BCUT2D eigenvalue weighted by Gasteiger charge is -2.47. The van der Waals surface area contributed by atoms with Crippen molar-refractivity contribution in [1.82, 2.24) is 19.6 Å². The number of nitrogens with two attached hydrogens (primary N) is 1. The van der Waals surface area contributed by atoms with Gasteiger partial charge >= 0.3 is 0 Å². The van der Waals surface area contributed by atoms with Crippen molar-refractivity contribution in [2.45, 2.75) is 18.9 Å². The highest BCUT2D eigenvalue weighted by atomic mass is 16.2. The zero-order chi connectivity index (χ0) is 16.6. The minimum atomic E-state index is -0.236. The molecule has 1 aromatic rings. The second-order valence-corrected chi connectivity index (χ2v) is 6.26. The van der Waals surface area contributed by atoms with Crippen molar-refractivity contribution in [3.8, 4) is 0 Å². The zero-order valence-electron chi connectivity index (χ0n) is 13.1. The van der Waals surface area contributed by atoms with Gasteiger partial charge < -0.3 is 10.6 Å². The average Bonchev–Trinajstić information content (AvgIpc) is 2.49. The summed E-state index contributed by atoms with van der Waals surface area (Å²) in [6, 6.07) is 3.16. The number of nitrogens with zero attached hydrogens (tertiary/aromatic N) is 4. The number of carbonyl (C=O) groups excluding carboxylic acids is 2. The standard InChI is InChI=1S/C15H21N5O3/c1-18-13(21)3-2-12(17-18)15(23)20-8-11(9-20)19-6-4-10(5-7-19)14(16)22/h2-3,10-11H,4-9H2,1H3,(H2,16,22). The fourth-order valence-corrected chi connectivity index (χ4v) is 3.18. The van der Waals surface area contributed by atoms with Crippen LogP contribution in [0.1, 0.15) is 23.3 Å². The summed E-state index contributed by atoms with van der Waals surface area (Å²) in [6.45, 7) is 3.01. The molecule has 0 atom stereocenters. The lowest BCUT2D eigenvalue weighted by atomic mass is 9.93. The molecule has 2 N–H and O–H groups in total. The van der Waals surface area contributed by atoms with Crippen molar-refractivity contribution in [2.75, 3.05) is 26.2 Å². The van der Waals surface area contributed by atoms with E-state index in [0.29, 0.717) is 19.1 Å². The van der Waals surface area contributed by atoms with Gasteiger partial charge in [0, 0.05) is 38.2 Å². The van der Waals surface area contributed by atoms with Gasteiger partial charge in [-0.15, -0.1) is 0 Å². The van der Waals surface area contributed by atoms with E-state index in [1.54, 1.807) is 4.90 Å². The van der Waals surface area contributed by atoms with E-state index in [0.717, 1.165) is 25.9 Å². The van der Waals surface area contributed by atoms with Gasteiger partial charge in [0.2, 0.25) is 5.91 Å². The molecule has 124 valence electrons. The highest BCUT2D eigenvalue weighted by Gasteiger charge is 2.37. The molecule has 0 spiro atoms. The maximum absolute atomic E-state index is 12.3. The number of piperidine rings is 1. The van der Waals surface area contributed by atoms with Gasteiger partial charge in [-0.1, -0.05) is 0 Å². The fraction of sp³-hybridized carbons (Fsp3) is 0.600. The SMILES string of the molecule is Cn1nc(C(=O)N2CC(N3CCC(C(N)=O)CC3)C2)ccc1=O. The normalized spacial score (nSPS) is 20.3. The van der Waals surface area contributed by atoms with Crippen LogP contribution in [0.5, 0.6) is 0 Å². The zero-order valence-corrected chi connectivity index (χ0v) is 13.1. The monoisotopic (exact) mass is 319 g/mol. The van der Waals surface area contributed by atoms with Gasteiger partial charge in [0.05, 0.1) is 0 Å². The quantitative estimate of drug-likeness (QED) is 0.754. The molecular formula is C15H21N5O3. The van der Waals surface area contributed by atoms with Gasteiger partial charge in [0.1, 0.15) is 5.69 Å². The number of rotatable bonds is 3. The molecule has 2 aliphatic rings. The van der Waals surface area contributed by atoms with Crippen LogP contribution in [0.2, 0.25) is 0 Å². The maximum atomic E-state index is 12.3. The lowest BCUT2D eigenvalue weighted by molar-refractivity contribution is -0.123. The fourth-order valence-electron chi connectivity index (χ4n) is 3.18. The number of likely N-dealkylation sites (tertiary alicyclic amines) is 2. The van der Waals surface area contributed by atoms with Crippen molar-refractivity contribution < 1.29 is 9.59 Å². The van der Waals surface area contributed by atoms with Crippen molar-refractivity contribution in [3.63, 3.8) is 0 Å². The number of hydrogen-bond donors (Lipinski definition) is 1. The highest BCUT2D eigenvalue weighted by Crippen LogP contribution is 2.23. The van der Waals surface area contributed by atoms with E-state index in [2.05, 4.69) is 10.00 Å². The van der Waals surface area contributed by atoms with E-state index in [9.17, 15) is 14.4 Å². The molecule has 23 heavy (non-hydrogen) atoms. The molecule has 8 heteroatoms. The molecule has 2 fully saturated rings. The molecule has 2 aliphatic heterocycles. The average molecular weight is 319 g/mol. The minimum absolute atomic E-state index is 0.0149. The molecule has 2 amide bonds. The molecule has 0 aromatic carbocycles. The Morgan fingerprint density at radius 3 is 2.43 bits per heavy atom. The van der Waals surface area contributed by atoms with Crippen LogP contribution in [0, 0.1) is 5.92 Å². The molecule has 2 saturated heterocycles. The van der Waals surface area contributed by atoms with Crippen LogP contribution in [0.4, 0.5) is 0 Å². The third-order valence-corrected chi connectivity index (χ3v) is 4.78. The summed E-state index contributed by atoms with van der Waals surface area (Å²) in [6.07, 6.45) is 1.59. The summed E-state index contributed by atoms with van der Waals surface area (Å²) in [7, 11) is 1.53. The summed E-state index contributed by atoms with van der Waals surface area (Å²) >= 11 is 0. The molecule has 0 aliphatic carbocycles.